The summed E-state index contributed by atoms with van der Waals surface area (Å²) in [5.41, 5.74) is 7.17. The van der Waals surface area contributed by atoms with Crippen molar-refractivity contribution in [2.45, 2.75) is 25.3 Å². The van der Waals surface area contributed by atoms with Crippen LogP contribution in [0.1, 0.15) is 35.2 Å². The van der Waals surface area contributed by atoms with Gasteiger partial charge in [0.1, 0.15) is 18.2 Å². The molecule has 1 fully saturated rings. The van der Waals surface area contributed by atoms with E-state index in [0.29, 0.717) is 34.9 Å². The normalized spacial score (nSPS) is 19.6. The average Bonchev–Trinajstić information content (AvgIpc) is 2.76. The number of rotatable bonds is 5. The van der Waals surface area contributed by atoms with E-state index in [1.807, 2.05) is 4.90 Å². The van der Waals surface area contributed by atoms with Gasteiger partial charge in [-0.2, -0.15) is 8.42 Å². The maximum atomic E-state index is 13.1. The third kappa shape index (κ3) is 4.41. The maximum absolute atomic E-state index is 13.1. The van der Waals surface area contributed by atoms with Gasteiger partial charge in [0.25, 0.3) is 5.91 Å². The van der Waals surface area contributed by atoms with Gasteiger partial charge in [0.2, 0.25) is 0 Å². The Morgan fingerprint density at radius 2 is 2.19 bits per heavy atom. The number of piperidine rings is 1. The molecule has 164 valence electrons. The van der Waals surface area contributed by atoms with Gasteiger partial charge in [-0.05, 0) is 43.5 Å². The summed E-state index contributed by atoms with van der Waals surface area (Å²) >= 11 is 0. The molecule has 4 rings (SSSR count). The lowest BCUT2D eigenvalue weighted by atomic mass is 10.0. The molecule has 0 radical (unpaired) electrons. The molecule has 10 nitrogen and oxygen atoms in total. The van der Waals surface area contributed by atoms with Gasteiger partial charge in [0, 0.05) is 25.4 Å². The van der Waals surface area contributed by atoms with E-state index in [9.17, 15) is 13.2 Å². The Morgan fingerprint density at radius 3 is 3.00 bits per heavy atom. The minimum absolute atomic E-state index is 0.0730. The molecular weight excluding hydrogens is 420 g/mol. The molecule has 1 saturated heterocycles. The van der Waals surface area contributed by atoms with Crippen LogP contribution in [-0.4, -0.2) is 56.3 Å². The Labute approximate surface area is 180 Å². The second kappa shape index (κ2) is 8.42. The van der Waals surface area contributed by atoms with Gasteiger partial charge in [-0.1, -0.05) is 6.07 Å². The van der Waals surface area contributed by atoms with E-state index in [4.69, 9.17) is 10.5 Å². The second-order valence-electron chi connectivity index (χ2n) is 7.37. The van der Waals surface area contributed by atoms with Crippen LogP contribution in [-0.2, 0) is 10.2 Å². The maximum Gasteiger partial charge on any atom is 0.344 e. The number of fused-ring (bicyclic) bond motifs is 1. The Morgan fingerprint density at radius 1 is 1.35 bits per heavy atom. The monoisotopic (exact) mass is 444 g/mol. The molecule has 0 spiro atoms. The van der Waals surface area contributed by atoms with Crippen molar-refractivity contribution >= 4 is 33.5 Å². The fourth-order valence-corrected chi connectivity index (χ4v) is 4.67. The van der Waals surface area contributed by atoms with E-state index in [1.165, 1.54) is 0 Å². The summed E-state index contributed by atoms with van der Waals surface area (Å²) in [6.07, 6.45) is 4.33. The van der Waals surface area contributed by atoms with Crippen LogP contribution in [0.15, 0.2) is 40.9 Å². The highest BCUT2D eigenvalue weighted by atomic mass is 32.2. The lowest BCUT2D eigenvalue weighted by molar-refractivity contribution is 0.0528. The number of carbonyl (C=O) groups is 1. The summed E-state index contributed by atoms with van der Waals surface area (Å²) in [5.74, 6) is 0.845. The molecule has 31 heavy (non-hydrogen) atoms. The first-order valence-corrected chi connectivity index (χ1v) is 11.4. The van der Waals surface area contributed by atoms with Gasteiger partial charge < -0.3 is 20.7 Å². The number of amides is 1. The number of nitrogens with zero attached hydrogens (tertiary/aromatic N) is 3. The zero-order valence-corrected chi connectivity index (χ0v) is 17.9. The molecule has 2 aliphatic rings. The predicted molar refractivity (Wildman–Crippen MR) is 118 cm³/mol. The average molecular weight is 445 g/mol. The van der Waals surface area contributed by atoms with Gasteiger partial charge >= 0.3 is 10.2 Å². The van der Waals surface area contributed by atoms with Crippen molar-refractivity contribution in [1.29, 1.82) is 0 Å². The molecule has 2 aromatic rings. The van der Waals surface area contributed by atoms with Crippen molar-refractivity contribution in [1.82, 2.24) is 9.88 Å². The SMILES string of the molecule is CNc1cc(C(=O)N2CCCC[C@@H]2COc2cccc3c2C(N)=NS(=O)(=O)N3)ccn1. The number of benzene rings is 1. The van der Waals surface area contributed by atoms with Crippen LogP contribution in [0.3, 0.4) is 0 Å². The molecule has 0 aliphatic carbocycles. The van der Waals surface area contributed by atoms with Crippen molar-refractivity contribution in [3.05, 3.63) is 47.7 Å². The number of anilines is 2. The van der Waals surface area contributed by atoms with Crippen molar-refractivity contribution in [3.8, 4) is 5.75 Å². The third-order valence-corrected chi connectivity index (χ3v) is 6.24. The van der Waals surface area contributed by atoms with Crippen molar-refractivity contribution in [2.24, 2.45) is 10.1 Å². The van der Waals surface area contributed by atoms with Crippen LogP contribution in [0.25, 0.3) is 0 Å². The van der Waals surface area contributed by atoms with Crippen LogP contribution < -0.4 is 20.5 Å². The highest BCUT2D eigenvalue weighted by molar-refractivity contribution is 7.91. The molecule has 0 saturated carbocycles. The smallest absolute Gasteiger partial charge is 0.344 e. The van der Waals surface area contributed by atoms with Gasteiger partial charge in [-0.25, -0.2) is 4.98 Å². The summed E-state index contributed by atoms with van der Waals surface area (Å²) in [4.78, 5) is 19.1. The largest absolute Gasteiger partial charge is 0.491 e. The number of amidine groups is 1. The summed E-state index contributed by atoms with van der Waals surface area (Å²) in [5, 5.41) is 2.94. The zero-order chi connectivity index (χ0) is 22.0. The molecule has 0 unspecified atom stereocenters. The third-order valence-electron chi connectivity index (χ3n) is 5.32. The minimum Gasteiger partial charge on any atom is -0.491 e. The number of nitrogens with one attached hydrogen (secondary N) is 2. The summed E-state index contributed by atoms with van der Waals surface area (Å²) < 4.78 is 35.4. The van der Waals surface area contributed by atoms with E-state index in [2.05, 4.69) is 19.4 Å². The molecule has 1 amide bonds. The Balaban J connectivity index is 1.53. The molecule has 11 heteroatoms. The van der Waals surface area contributed by atoms with Crippen LogP contribution in [0.4, 0.5) is 11.5 Å². The fraction of sp³-hybridized carbons (Fsp3) is 0.350. The topological polar surface area (TPSA) is 139 Å². The second-order valence-corrected chi connectivity index (χ2v) is 8.71. The first kappa shape index (κ1) is 20.9. The van der Waals surface area contributed by atoms with Crippen molar-refractivity contribution < 1.29 is 17.9 Å². The highest BCUT2D eigenvalue weighted by Gasteiger charge is 2.30. The van der Waals surface area contributed by atoms with Crippen LogP contribution in [0.5, 0.6) is 5.75 Å². The molecule has 2 aliphatic heterocycles. The number of likely N-dealkylation sites (tertiary alicyclic amines) is 1. The van der Waals surface area contributed by atoms with E-state index < -0.39 is 10.2 Å². The quantitative estimate of drug-likeness (QED) is 0.636. The van der Waals surface area contributed by atoms with Crippen LogP contribution >= 0.6 is 0 Å². The van der Waals surface area contributed by atoms with E-state index in [-0.39, 0.29) is 24.4 Å². The predicted octanol–water partition coefficient (Wildman–Crippen LogP) is 1.57. The van der Waals surface area contributed by atoms with Crippen molar-refractivity contribution in [3.63, 3.8) is 0 Å². The number of nitrogens with two attached hydrogens (primary N) is 1. The van der Waals surface area contributed by atoms with E-state index >= 15 is 0 Å². The van der Waals surface area contributed by atoms with E-state index in [1.54, 1.807) is 43.6 Å². The minimum atomic E-state index is -3.86. The Bertz CT molecular complexity index is 1130. The molecule has 0 bridgehead atoms. The van der Waals surface area contributed by atoms with Crippen LogP contribution in [0.2, 0.25) is 0 Å². The molecular formula is C20H24N6O4S. The molecule has 3 heterocycles. The first-order valence-electron chi connectivity index (χ1n) is 9.97. The van der Waals surface area contributed by atoms with Crippen molar-refractivity contribution in [2.75, 3.05) is 30.2 Å². The number of pyridine rings is 1. The fourth-order valence-electron chi connectivity index (χ4n) is 3.83. The number of aromatic nitrogens is 1. The zero-order valence-electron chi connectivity index (χ0n) is 17.0. The number of ether oxygens (including phenoxy) is 1. The highest BCUT2D eigenvalue weighted by Crippen LogP contribution is 2.31. The molecule has 1 aromatic carbocycles. The lowest BCUT2D eigenvalue weighted by Crippen LogP contribution is -2.46. The Hall–Kier alpha value is -3.34. The summed E-state index contributed by atoms with van der Waals surface area (Å²) in [6.45, 7) is 0.895. The van der Waals surface area contributed by atoms with E-state index in [0.717, 1.165) is 19.3 Å². The summed E-state index contributed by atoms with van der Waals surface area (Å²) in [7, 11) is -2.11. The molecule has 1 aromatic heterocycles. The Kier molecular flexibility index (Phi) is 5.68. The summed E-state index contributed by atoms with van der Waals surface area (Å²) in [6, 6.07) is 8.29. The number of carbonyl (C=O) groups excluding carboxylic acids is 1. The van der Waals surface area contributed by atoms with Gasteiger partial charge in [0.15, 0.2) is 5.84 Å². The van der Waals surface area contributed by atoms with Gasteiger partial charge in [-0.3, -0.25) is 9.52 Å². The lowest BCUT2D eigenvalue weighted by Gasteiger charge is -2.36. The molecule has 4 N–H and O–H groups in total. The van der Waals surface area contributed by atoms with Crippen LogP contribution in [0, 0.1) is 0 Å². The van der Waals surface area contributed by atoms with Gasteiger partial charge in [-0.15, -0.1) is 4.40 Å². The molecule has 1 atom stereocenters. The number of hydrogen-bond acceptors (Lipinski definition) is 7. The first-order chi connectivity index (χ1) is 14.9. The van der Waals surface area contributed by atoms with Gasteiger partial charge in [0.05, 0.1) is 17.3 Å². The number of hydrogen-bond donors (Lipinski definition) is 3. The standard InChI is InChI=1S/C20H24N6O4S/c1-22-17-11-13(8-9-23-17)20(27)26-10-3-2-5-14(26)12-30-16-7-4-6-15-18(16)19(21)25-31(28,29)24-15/h4,6-9,11,14,24H,2-3,5,10,12H2,1H3,(H2,21,25)(H,22,23)/t14-/m1/s1.